The Bertz CT molecular complexity index is 651. The number of aromatic nitrogens is 2. The van der Waals surface area contributed by atoms with Gasteiger partial charge in [0.25, 0.3) is 0 Å². The molecule has 0 amide bonds. The van der Waals surface area contributed by atoms with E-state index in [2.05, 4.69) is 9.97 Å². The van der Waals surface area contributed by atoms with E-state index in [1.54, 1.807) is 23.7 Å². The summed E-state index contributed by atoms with van der Waals surface area (Å²) < 4.78 is 18.2. The molecule has 1 aromatic carbocycles. The third-order valence-corrected chi connectivity index (χ3v) is 3.38. The molecule has 0 saturated heterocycles. The van der Waals surface area contributed by atoms with Gasteiger partial charge in [-0.05, 0) is 35.7 Å². The predicted molar refractivity (Wildman–Crippen MR) is 71.8 cm³/mol. The molecular weight excluding hydrogens is 263 g/mol. The summed E-state index contributed by atoms with van der Waals surface area (Å²) in [6.07, 6.45) is 3.41. The van der Waals surface area contributed by atoms with Crippen LogP contribution in [-0.2, 0) is 0 Å². The molecule has 3 rings (SSSR count). The molecule has 5 heteroatoms. The maximum absolute atomic E-state index is 12.7. The summed E-state index contributed by atoms with van der Waals surface area (Å²) in [4.78, 5) is 9.37. The van der Waals surface area contributed by atoms with Crippen molar-refractivity contribution in [2.45, 2.75) is 0 Å². The van der Waals surface area contributed by atoms with Crippen LogP contribution in [0, 0.1) is 5.82 Å². The van der Waals surface area contributed by atoms with Crippen molar-refractivity contribution in [3.8, 4) is 22.2 Å². The van der Waals surface area contributed by atoms with E-state index in [9.17, 15) is 4.39 Å². The second kappa shape index (κ2) is 5.16. The van der Waals surface area contributed by atoms with E-state index in [1.807, 2.05) is 17.5 Å². The van der Waals surface area contributed by atoms with Crippen LogP contribution in [0.1, 0.15) is 0 Å². The van der Waals surface area contributed by atoms with Gasteiger partial charge in [-0.25, -0.2) is 14.4 Å². The highest BCUT2D eigenvalue weighted by atomic mass is 32.1. The van der Waals surface area contributed by atoms with E-state index >= 15 is 0 Å². The van der Waals surface area contributed by atoms with E-state index < -0.39 is 0 Å². The summed E-state index contributed by atoms with van der Waals surface area (Å²) in [5.41, 5.74) is 0.946. The molecule has 0 radical (unpaired) electrons. The van der Waals surface area contributed by atoms with Gasteiger partial charge in [0, 0.05) is 22.8 Å². The third kappa shape index (κ3) is 2.77. The lowest BCUT2D eigenvalue weighted by atomic mass is 10.3. The Morgan fingerprint density at radius 2 is 1.74 bits per heavy atom. The van der Waals surface area contributed by atoms with Crippen molar-refractivity contribution in [3.05, 3.63) is 60.0 Å². The molecule has 2 heterocycles. The normalized spacial score (nSPS) is 10.4. The first-order valence-electron chi connectivity index (χ1n) is 5.60. The van der Waals surface area contributed by atoms with Crippen LogP contribution in [0.3, 0.4) is 0 Å². The van der Waals surface area contributed by atoms with Gasteiger partial charge in [0.05, 0.1) is 0 Å². The first kappa shape index (κ1) is 11.8. The van der Waals surface area contributed by atoms with Crippen LogP contribution < -0.4 is 4.74 Å². The van der Waals surface area contributed by atoms with Crippen molar-refractivity contribution in [2.24, 2.45) is 0 Å². The van der Waals surface area contributed by atoms with Crippen molar-refractivity contribution in [3.63, 3.8) is 0 Å². The first-order chi connectivity index (χ1) is 9.31. The monoisotopic (exact) mass is 272 g/mol. The molecule has 0 aliphatic heterocycles. The molecule has 94 valence electrons. The molecule has 0 N–H and O–H groups in total. The third-order valence-electron chi connectivity index (χ3n) is 2.46. The smallest absolute Gasteiger partial charge is 0.321 e. The number of thiophene rings is 1. The highest BCUT2D eigenvalue weighted by Gasteiger charge is 2.03. The fourth-order valence-electron chi connectivity index (χ4n) is 1.55. The fourth-order valence-corrected chi connectivity index (χ4v) is 2.25. The number of hydrogen-bond donors (Lipinski definition) is 0. The summed E-state index contributed by atoms with van der Waals surface area (Å²) in [5, 5.41) is 2.00. The quantitative estimate of drug-likeness (QED) is 0.719. The van der Waals surface area contributed by atoms with Crippen LogP contribution >= 0.6 is 11.3 Å². The average Bonchev–Trinajstić information content (AvgIpc) is 2.96. The Labute approximate surface area is 113 Å². The number of benzene rings is 1. The molecular formula is C14H9FN2OS. The molecule has 0 atom stereocenters. The molecule has 0 spiro atoms. The predicted octanol–water partition coefficient (Wildman–Crippen LogP) is 4.14. The minimum absolute atomic E-state index is 0.243. The molecule has 0 saturated carbocycles. The zero-order valence-electron chi connectivity index (χ0n) is 9.79. The van der Waals surface area contributed by atoms with Crippen molar-refractivity contribution in [1.82, 2.24) is 9.97 Å². The van der Waals surface area contributed by atoms with Crippen molar-refractivity contribution >= 4 is 11.3 Å². The molecule has 0 aliphatic rings. The zero-order chi connectivity index (χ0) is 13.1. The Kier molecular flexibility index (Phi) is 3.20. The van der Waals surface area contributed by atoms with Crippen LogP contribution in [0.5, 0.6) is 11.8 Å². The number of halogens is 1. The lowest BCUT2D eigenvalue weighted by Crippen LogP contribution is -1.91. The van der Waals surface area contributed by atoms with Crippen LogP contribution in [0.25, 0.3) is 10.4 Å². The SMILES string of the molecule is Fc1ccc(Oc2ncc(-c3cccs3)cn2)cc1. The molecule has 3 aromatic rings. The number of rotatable bonds is 3. The first-order valence-corrected chi connectivity index (χ1v) is 6.48. The molecule has 19 heavy (non-hydrogen) atoms. The summed E-state index contributed by atoms with van der Waals surface area (Å²) in [7, 11) is 0. The van der Waals surface area contributed by atoms with Crippen molar-refractivity contribution in [1.29, 1.82) is 0 Å². The van der Waals surface area contributed by atoms with Gasteiger partial charge in [-0.15, -0.1) is 11.3 Å². The van der Waals surface area contributed by atoms with Crippen molar-refractivity contribution < 1.29 is 9.13 Å². The van der Waals surface area contributed by atoms with Gasteiger partial charge >= 0.3 is 6.01 Å². The minimum atomic E-state index is -0.304. The van der Waals surface area contributed by atoms with E-state index in [1.165, 1.54) is 24.3 Å². The molecule has 0 fully saturated rings. The second-order valence-electron chi connectivity index (χ2n) is 3.79. The van der Waals surface area contributed by atoms with E-state index in [4.69, 9.17) is 4.74 Å². The van der Waals surface area contributed by atoms with Crippen LogP contribution in [0.4, 0.5) is 4.39 Å². The number of hydrogen-bond acceptors (Lipinski definition) is 4. The topological polar surface area (TPSA) is 35.0 Å². The van der Waals surface area contributed by atoms with Gasteiger partial charge in [-0.2, -0.15) is 0 Å². The Balaban J connectivity index is 1.77. The van der Waals surface area contributed by atoms with Gasteiger partial charge in [-0.3, -0.25) is 0 Å². The fraction of sp³-hybridized carbons (Fsp3) is 0. The Hall–Kier alpha value is -2.27. The van der Waals surface area contributed by atoms with Gasteiger partial charge in [0.15, 0.2) is 0 Å². The van der Waals surface area contributed by atoms with Gasteiger partial charge in [-0.1, -0.05) is 6.07 Å². The van der Waals surface area contributed by atoms with E-state index in [0.717, 1.165) is 10.4 Å². The second-order valence-corrected chi connectivity index (χ2v) is 4.74. The molecule has 0 bridgehead atoms. The largest absolute Gasteiger partial charge is 0.424 e. The van der Waals surface area contributed by atoms with Gasteiger partial charge in [0.1, 0.15) is 11.6 Å². The zero-order valence-corrected chi connectivity index (χ0v) is 10.6. The number of ether oxygens (including phenoxy) is 1. The van der Waals surface area contributed by atoms with Crippen LogP contribution in [0.15, 0.2) is 54.2 Å². The Morgan fingerprint density at radius 3 is 2.37 bits per heavy atom. The standard InChI is InChI=1S/C14H9FN2OS/c15-11-3-5-12(6-4-11)18-14-16-8-10(9-17-14)13-2-1-7-19-13/h1-9H. The maximum atomic E-state index is 12.7. The lowest BCUT2D eigenvalue weighted by Gasteiger charge is -2.03. The van der Waals surface area contributed by atoms with Gasteiger partial charge in [0.2, 0.25) is 0 Å². The summed E-state index contributed by atoms with van der Waals surface area (Å²) >= 11 is 1.62. The van der Waals surface area contributed by atoms with Crippen LogP contribution in [-0.4, -0.2) is 9.97 Å². The maximum Gasteiger partial charge on any atom is 0.321 e. The molecule has 0 unspecified atom stereocenters. The highest BCUT2D eigenvalue weighted by Crippen LogP contribution is 2.24. The summed E-state index contributed by atoms with van der Waals surface area (Å²) in [6, 6.07) is 9.95. The Morgan fingerprint density at radius 1 is 1.00 bits per heavy atom. The van der Waals surface area contributed by atoms with Gasteiger partial charge < -0.3 is 4.74 Å². The molecule has 2 aromatic heterocycles. The van der Waals surface area contributed by atoms with E-state index in [-0.39, 0.29) is 11.8 Å². The minimum Gasteiger partial charge on any atom is -0.424 e. The molecule has 3 nitrogen and oxygen atoms in total. The average molecular weight is 272 g/mol. The van der Waals surface area contributed by atoms with Crippen molar-refractivity contribution in [2.75, 3.05) is 0 Å². The highest BCUT2D eigenvalue weighted by molar-refractivity contribution is 7.13. The summed E-state index contributed by atoms with van der Waals surface area (Å²) in [5.74, 6) is 0.201. The summed E-state index contributed by atoms with van der Waals surface area (Å²) in [6.45, 7) is 0. The van der Waals surface area contributed by atoms with E-state index in [0.29, 0.717) is 5.75 Å². The van der Waals surface area contributed by atoms with Crippen LogP contribution in [0.2, 0.25) is 0 Å². The number of nitrogens with zero attached hydrogens (tertiary/aromatic N) is 2. The lowest BCUT2D eigenvalue weighted by molar-refractivity contribution is 0.440. The molecule has 0 aliphatic carbocycles.